The van der Waals surface area contributed by atoms with Crippen LogP contribution in [-0.4, -0.2) is 25.8 Å². The second kappa shape index (κ2) is 6.37. The van der Waals surface area contributed by atoms with Crippen molar-refractivity contribution < 1.29 is 8.42 Å². The Morgan fingerprint density at radius 1 is 1.26 bits per heavy atom. The standard InChI is InChI=1S/C14H20BrNO2S/c1-2-12-6-5-10-16(11-9-12)19(17,18)14-8-4-3-7-13(14)15/h3-4,7-8,12H,2,5-6,9-11H2,1H3. The van der Waals surface area contributed by atoms with Crippen LogP contribution < -0.4 is 0 Å². The maximum atomic E-state index is 12.7. The van der Waals surface area contributed by atoms with Gasteiger partial charge in [-0.3, -0.25) is 0 Å². The van der Waals surface area contributed by atoms with Crippen LogP contribution in [0.4, 0.5) is 0 Å². The molecule has 1 atom stereocenters. The fraction of sp³-hybridized carbons (Fsp3) is 0.571. The minimum absolute atomic E-state index is 0.380. The highest BCUT2D eigenvalue weighted by atomic mass is 79.9. The highest BCUT2D eigenvalue weighted by Gasteiger charge is 2.28. The van der Waals surface area contributed by atoms with E-state index in [4.69, 9.17) is 0 Å². The molecule has 0 aromatic heterocycles. The molecule has 5 heteroatoms. The molecule has 1 saturated heterocycles. The van der Waals surface area contributed by atoms with E-state index >= 15 is 0 Å². The first-order valence-corrected chi connectivity index (χ1v) is 9.03. The summed E-state index contributed by atoms with van der Waals surface area (Å²) in [5.41, 5.74) is 0. The van der Waals surface area contributed by atoms with Gasteiger partial charge >= 0.3 is 0 Å². The molecule has 3 nitrogen and oxygen atoms in total. The minimum atomic E-state index is -3.36. The molecule has 0 radical (unpaired) electrons. The fourth-order valence-corrected chi connectivity index (χ4v) is 5.04. The maximum absolute atomic E-state index is 12.7. The lowest BCUT2D eigenvalue weighted by Crippen LogP contribution is -2.32. The summed E-state index contributed by atoms with van der Waals surface area (Å²) in [6, 6.07) is 7.05. The Labute approximate surface area is 124 Å². The normalized spacial score (nSPS) is 22.1. The zero-order chi connectivity index (χ0) is 13.9. The first kappa shape index (κ1) is 15.0. The third kappa shape index (κ3) is 3.38. The summed E-state index contributed by atoms with van der Waals surface area (Å²) >= 11 is 3.34. The summed E-state index contributed by atoms with van der Waals surface area (Å²) in [6.45, 7) is 3.46. The number of halogens is 1. The summed E-state index contributed by atoms with van der Waals surface area (Å²) < 4.78 is 27.6. The Morgan fingerprint density at radius 3 is 2.68 bits per heavy atom. The molecule has 0 bridgehead atoms. The van der Waals surface area contributed by atoms with Gasteiger partial charge in [-0.1, -0.05) is 25.5 Å². The molecule has 0 N–H and O–H groups in total. The van der Waals surface area contributed by atoms with Crippen LogP contribution in [0.15, 0.2) is 33.6 Å². The van der Waals surface area contributed by atoms with Gasteiger partial charge in [-0.2, -0.15) is 4.31 Å². The molecule has 1 aliphatic heterocycles. The molecule has 1 aromatic carbocycles. The third-order valence-corrected chi connectivity index (χ3v) is 6.75. The van der Waals surface area contributed by atoms with Gasteiger partial charge < -0.3 is 0 Å². The van der Waals surface area contributed by atoms with Crippen LogP contribution in [0.3, 0.4) is 0 Å². The highest BCUT2D eigenvalue weighted by Crippen LogP contribution is 2.28. The maximum Gasteiger partial charge on any atom is 0.244 e. The van der Waals surface area contributed by atoms with E-state index < -0.39 is 10.0 Å². The molecule has 0 spiro atoms. The van der Waals surface area contributed by atoms with Gasteiger partial charge in [-0.05, 0) is 53.2 Å². The lowest BCUT2D eigenvalue weighted by Gasteiger charge is -2.20. The molecule has 1 fully saturated rings. The number of benzene rings is 1. The first-order valence-electron chi connectivity index (χ1n) is 6.80. The van der Waals surface area contributed by atoms with E-state index in [1.807, 2.05) is 6.07 Å². The van der Waals surface area contributed by atoms with E-state index in [1.54, 1.807) is 22.5 Å². The molecule has 2 rings (SSSR count). The van der Waals surface area contributed by atoms with Crippen molar-refractivity contribution in [3.63, 3.8) is 0 Å². The Hall–Kier alpha value is -0.390. The van der Waals surface area contributed by atoms with Crippen LogP contribution in [0.25, 0.3) is 0 Å². The topological polar surface area (TPSA) is 37.4 Å². The number of hydrogen-bond donors (Lipinski definition) is 0. The summed E-state index contributed by atoms with van der Waals surface area (Å²) in [6.07, 6.45) is 4.21. The van der Waals surface area contributed by atoms with Gasteiger partial charge in [0.05, 0.1) is 4.90 Å². The number of hydrogen-bond acceptors (Lipinski definition) is 2. The minimum Gasteiger partial charge on any atom is -0.207 e. The smallest absolute Gasteiger partial charge is 0.207 e. The van der Waals surface area contributed by atoms with E-state index in [0.717, 1.165) is 25.7 Å². The molecule has 0 saturated carbocycles. The molecule has 19 heavy (non-hydrogen) atoms. The van der Waals surface area contributed by atoms with Crippen LogP contribution in [0.2, 0.25) is 0 Å². The zero-order valence-electron chi connectivity index (χ0n) is 11.2. The van der Waals surface area contributed by atoms with E-state index in [0.29, 0.717) is 28.4 Å². The second-order valence-corrected chi connectivity index (χ2v) is 7.80. The summed E-state index contributed by atoms with van der Waals surface area (Å²) in [4.78, 5) is 0.380. The SMILES string of the molecule is CCC1CCCN(S(=O)(=O)c2ccccc2Br)CC1. The van der Waals surface area contributed by atoms with Gasteiger partial charge in [-0.15, -0.1) is 0 Å². The Kier molecular flexibility index (Phi) is 5.03. The Balaban J connectivity index is 2.23. The van der Waals surface area contributed by atoms with Crippen LogP contribution in [0.5, 0.6) is 0 Å². The number of nitrogens with zero attached hydrogens (tertiary/aromatic N) is 1. The van der Waals surface area contributed by atoms with E-state index in [-0.39, 0.29) is 0 Å². The number of rotatable bonds is 3. The summed E-state index contributed by atoms with van der Waals surface area (Å²) in [5, 5.41) is 0. The monoisotopic (exact) mass is 345 g/mol. The molecular formula is C14H20BrNO2S. The van der Waals surface area contributed by atoms with E-state index in [2.05, 4.69) is 22.9 Å². The quantitative estimate of drug-likeness (QED) is 0.838. The van der Waals surface area contributed by atoms with E-state index in [9.17, 15) is 8.42 Å². The lowest BCUT2D eigenvalue weighted by atomic mass is 9.98. The van der Waals surface area contributed by atoms with Gasteiger partial charge in [0.25, 0.3) is 0 Å². The molecule has 1 aliphatic rings. The van der Waals surface area contributed by atoms with Gasteiger partial charge in [0.2, 0.25) is 10.0 Å². The Bertz CT molecular complexity index is 530. The van der Waals surface area contributed by atoms with Crippen molar-refractivity contribution in [2.24, 2.45) is 5.92 Å². The Morgan fingerprint density at radius 2 is 2.00 bits per heavy atom. The average Bonchev–Trinajstić information content (AvgIpc) is 2.64. The molecule has 0 aliphatic carbocycles. The van der Waals surface area contributed by atoms with Crippen molar-refractivity contribution in [1.82, 2.24) is 4.31 Å². The summed E-state index contributed by atoms with van der Waals surface area (Å²) in [5.74, 6) is 0.666. The largest absolute Gasteiger partial charge is 0.244 e. The van der Waals surface area contributed by atoms with Crippen molar-refractivity contribution in [3.05, 3.63) is 28.7 Å². The fourth-order valence-electron chi connectivity index (χ4n) is 2.58. The summed E-state index contributed by atoms with van der Waals surface area (Å²) in [7, 11) is -3.36. The number of sulfonamides is 1. The van der Waals surface area contributed by atoms with Crippen molar-refractivity contribution in [2.75, 3.05) is 13.1 Å². The molecule has 1 aromatic rings. The van der Waals surface area contributed by atoms with Crippen LogP contribution in [-0.2, 0) is 10.0 Å². The van der Waals surface area contributed by atoms with Gasteiger partial charge in [0.1, 0.15) is 0 Å². The van der Waals surface area contributed by atoms with Gasteiger partial charge in [0, 0.05) is 17.6 Å². The first-order chi connectivity index (χ1) is 9.05. The van der Waals surface area contributed by atoms with Crippen LogP contribution in [0.1, 0.15) is 32.6 Å². The van der Waals surface area contributed by atoms with Crippen molar-refractivity contribution in [2.45, 2.75) is 37.5 Å². The average molecular weight is 346 g/mol. The van der Waals surface area contributed by atoms with Crippen molar-refractivity contribution in [1.29, 1.82) is 0 Å². The lowest BCUT2D eigenvalue weighted by molar-refractivity contribution is 0.407. The molecule has 106 valence electrons. The van der Waals surface area contributed by atoms with Gasteiger partial charge in [-0.25, -0.2) is 8.42 Å². The van der Waals surface area contributed by atoms with Crippen molar-refractivity contribution >= 4 is 26.0 Å². The predicted molar refractivity (Wildman–Crippen MR) is 80.5 cm³/mol. The van der Waals surface area contributed by atoms with Crippen LogP contribution >= 0.6 is 15.9 Å². The third-order valence-electron chi connectivity index (χ3n) is 3.84. The predicted octanol–water partition coefficient (Wildman–Crippen LogP) is 3.65. The van der Waals surface area contributed by atoms with Gasteiger partial charge in [0.15, 0.2) is 0 Å². The van der Waals surface area contributed by atoms with E-state index in [1.165, 1.54) is 0 Å². The molecule has 1 unspecified atom stereocenters. The highest BCUT2D eigenvalue weighted by molar-refractivity contribution is 9.10. The molecule has 0 amide bonds. The second-order valence-electron chi connectivity index (χ2n) is 5.04. The zero-order valence-corrected chi connectivity index (χ0v) is 13.6. The molecular weight excluding hydrogens is 326 g/mol. The molecule has 1 heterocycles. The van der Waals surface area contributed by atoms with Crippen molar-refractivity contribution in [3.8, 4) is 0 Å². The van der Waals surface area contributed by atoms with Crippen LogP contribution in [0, 0.1) is 5.92 Å².